The maximum Gasteiger partial charge on any atom is 0.0962 e. The first kappa shape index (κ1) is 12.8. The quantitative estimate of drug-likeness (QED) is 0.738. The molecule has 0 spiro atoms. The number of hydrogen-bond acceptors (Lipinski definition) is 2. The van der Waals surface area contributed by atoms with E-state index in [1.807, 2.05) is 0 Å². The summed E-state index contributed by atoms with van der Waals surface area (Å²) in [5, 5.41) is 0. The highest BCUT2D eigenvalue weighted by Crippen LogP contribution is 2.36. The van der Waals surface area contributed by atoms with Gasteiger partial charge in [0.25, 0.3) is 0 Å². The number of rotatable bonds is 4. The average Bonchev–Trinajstić information content (AvgIpc) is 2.28. The third-order valence-corrected chi connectivity index (χ3v) is 4.76. The number of alkyl halides is 1. The van der Waals surface area contributed by atoms with Crippen LogP contribution in [0.5, 0.6) is 0 Å². The van der Waals surface area contributed by atoms with E-state index in [1.54, 1.807) is 0 Å². The van der Waals surface area contributed by atoms with E-state index in [9.17, 15) is 0 Å². The van der Waals surface area contributed by atoms with Crippen LogP contribution in [0.4, 0.5) is 0 Å². The molecule has 0 aromatic rings. The Morgan fingerprint density at radius 3 is 2.44 bits per heavy atom. The van der Waals surface area contributed by atoms with E-state index in [4.69, 9.17) is 9.47 Å². The largest absolute Gasteiger partial charge is 0.375 e. The van der Waals surface area contributed by atoms with Gasteiger partial charge in [0.1, 0.15) is 0 Å². The molecule has 0 saturated heterocycles. The third-order valence-electron chi connectivity index (χ3n) is 3.87. The molecule has 16 heavy (non-hydrogen) atoms. The first-order valence-corrected chi connectivity index (χ1v) is 7.53. The second-order valence-electron chi connectivity index (χ2n) is 5.23. The Kier molecular flexibility index (Phi) is 4.68. The van der Waals surface area contributed by atoms with Crippen molar-refractivity contribution in [2.75, 3.05) is 6.61 Å². The lowest BCUT2D eigenvalue weighted by atomic mass is 9.87. The van der Waals surface area contributed by atoms with Gasteiger partial charge >= 0.3 is 0 Å². The predicted molar refractivity (Wildman–Crippen MR) is 69.0 cm³/mol. The zero-order valence-electron chi connectivity index (χ0n) is 10.3. The average molecular weight is 291 g/mol. The molecule has 0 aromatic carbocycles. The van der Waals surface area contributed by atoms with Crippen molar-refractivity contribution < 1.29 is 9.47 Å². The molecule has 0 radical (unpaired) electrons. The van der Waals surface area contributed by atoms with Crippen LogP contribution in [0.3, 0.4) is 0 Å². The van der Waals surface area contributed by atoms with E-state index < -0.39 is 0 Å². The van der Waals surface area contributed by atoms with E-state index in [1.165, 1.54) is 25.7 Å². The van der Waals surface area contributed by atoms with Crippen LogP contribution in [-0.2, 0) is 9.47 Å². The van der Waals surface area contributed by atoms with Crippen LogP contribution >= 0.6 is 15.9 Å². The van der Waals surface area contributed by atoms with Crippen LogP contribution in [-0.4, -0.2) is 29.7 Å². The molecule has 2 saturated carbocycles. The molecule has 0 aliphatic heterocycles. The van der Waals surface area contributed by atoms with Gasteiger partial charge < -0.3 is 9.47 Å². The SMILES string of the molecule is CCOC1C(Br)CC1OC1CCC(C)CC1. The molecule has 3 atom stereocenters. The summed E-state index contributed by atoms with van der Waals surface area (Å²) in [4.78, 5) is 0.500. The number of hydrogen-bond donors (Lipinski definition) is 0. The van der Waals surface area contributed by atoms with Crippen molar-refractivity contribution >= 4 is 15.9 Å². The van der Waals surface area contributed by atoms with E-state index in [-0.39, 0.29) is 6.10 Å². The highest BCUT2D eigenvalue weighted by atomic mass is 79.9. The molecule has 3 unspecified atom stereocenters. The van der Waals surface area contributed by atoms with Crippen molar-refractivity contribution in [1.82, 2.24) is 0 Å². The van der Waals surface area contributed by atoms with Crippen molar-refractivity contribution in [2.24, 2.45) is 5.92 Å². The minimum absolute atomic E-state index is 0.282. The third kappa shape index (κ3) is 2.99. The molecular formula is C13H23BrO2. The van der Waals surface area contributed by atoms with Crippen molar-refractivity contribution in [2.45, 2.75) is 69.1 Å². The van der Waals surface area contributed by atoms with Crippen LogP contribution in [0.2, 0.25) is 0 Å². The molecule has 2 fully saturated rings. The lowest BCUT2D eigenvalue weighted by Gasteiger charge is -2.43. The molecular weight excluding hydrogens is 268 g/mol. The summed E-state index contributed by atoms with van der Waals surface area (Å²) < 4.78 is 11.8. The first-order valence-electron chi connectivity index (χ1n) is 6.61. The molecule has 2 nitrogen and oxygen atoms in total. The van der Waals surface area contributed by atoms with Crippen LogP contribution < -0.4 is 0 Å². The molecule has 0 N–H and O–H groups in total. The Balaban J connectivity index is 1.73. The fourth-order valence-electron chi connectivity index (χ4n) is 2.68. The Hall–Kier alpha value is 0.400. The molecule has 2 aliphatic rings. The molecule has 2 rings (SSSR count). The van der Waals surface area contributed by atoms with Gasteiger partial charge in [0.2, 0.25) is 0 Å². The summed E-state index contributed by atoms with van der Waals surface area (Å²) in [5.41, 5.74) is 0. The summed E-state index contributed by atoms with van der Waals surface area (Å²) in [6, 6.07) is 0. The van der Waals surface area contributed by atoms with E-state index in [0.29, 0.717) is 17.0 Å². The zero-order valence-corrected chi connectivity index (χ0v) is 11.9. The molecule has 2 aliphatic carbocycles. The van der Waals surface area contributed by atoms with Crippen molar-refractivity contribution in [3.8, 4) is 0 Å². The first-order chi connectivity index (χ1) is 7.70. The van der Waals surface area contributed by atoms with Crippen LogP contribution in [0, 0.1) is 5.92 Å². The summed E-state index contributed by atoms with van der Waals surface area (Å²) in [7, 11) is 0. The van der Waals surface area contributed by atoms with Crippen molar-refractivity contribution in [1.29, 1.82) is 0 Å². The topological polar surface area (TPSA) is 18.5 Å². The number of halogens is 1. The van der Waals surface area contributed by atoms with Crippen LogP contribution in [0.1, 0.15) is 46.0 Å². The van der Waals surface area contributed by atoms with Gasteiger partial charge in [-0.25, -0.2) is 0 Å². The molecule has 3 heteroatoms. The van der Waals surface area contributed by atoms with Gasteiger partial charge in [-0.1, -0.05) is 22.9 Å². The number of ether oxygens (including phenoxy) is 2. The van der Waals surface area contributed by atoms with Gasteiger partial charge in [0.05, 0.1) is 18.3 Å². The van der Waals surface area contributed by atoms with E-state index in [0.717, 1.165) is 18.9 Å². The predicted octanol–water partition coefficient (Wildman–Crippen LogP) is 3.52. The summed E-state index contributed by atoms with van der Waals surface area (Å²) in [6.07, 6.45) is 7.35. The Morgan fingerprint density at radius 2 is 1.88 bits per heavy atom. The van der Waals surface area contributed by atoms with E-state index >= 15 is 0 Å². The summed E-state index contributed by atoms with van der Waals surface area (Å²) >= 11 is 3.64. The maximum absolute atomic E-state index is 6.16. The fourth-order valence-corrected chi connectivity index (χ4v) is 3.54. The van der Waals surface area contributed by atoms with Crippen molar-refractivity contribution in [3.63, 3.8) is 0 Å². The van der Waals surface area contributed by atoms with E-state index in [2.05, 4.69) is 29.8 Å². The monoisotopic (exact) mass is 290 g/mol. The summed E-state index contributed by atoms with van der Waals surface area (Å²) in [5.74, 6) is 0.896. The molecule has 0 heterocycles. The highest BCUT2D eigenvalue weighted by molar-refractivity contribution is 9.09. The Bertz CT molecular complexity index is 214. The maximum atomic E-state index is 6.16. The normalized spacial score (nSPS) is 44.1. The van der Waals surface area contributed by atoms with Crippen LogP contribution in [0.15, 0.2) is 0 Å². The highest BCUT2D eigenvalue weighted by Gasteiger charge is 2.42. The molecule has 0 amide bonds. The van der Waals surface area contributed by atoms with Gasteiger partial charge in [-0.3, -0.25) is 0 Å². The van der Waals surface area contributed by atoms with Gasteiger partial charge in [0, 0.05) is 11.4 Å². The zero-order chi connectivity index (χ0) is 11.5. The van der Waals surface area contributed by atoms with Gasteiger partial charge in [-0.05, 0) is 44.9 Å². The van der Waals surface area contributed by atoms with Crippen molar-refractivity contribution in [3.05, 3.63) is 0 Å². The Morgan fingerprint density at radius 1 is 1.19 bits per heavy atom. The van der Waals surface area contributed by atoms with Gasteiger partial charge in [-0.2, -0.15) is 0 Å². The molecule has 0 bridgehead atoms. The molecule has 0 aromatic heterocycles. The minimum atomic E-state index is 0.282. The smallest absolute Gasteiger partial charge is 0.0962 e. The second kappa shape index (κ2) is 5.83. The standard InChI is InChI=1S/C13H23BrO2/c1-3-15-13-11(14)8-12(13)16-10-6-4-9(2)5-7-10/h9-13H,3-8H2,1-2H3. The summed E-state index contributed by atoms with van der Waals surface area (Å²) in [6.45, 7) is 5.18. The lowest BCUT2D eigenvalue weighted by Crippen LogP contribution is -2.52. The second-order valence-corrected chi connectivity index (χ2v) is 6.40. The Labute approximate surface area is 107 Å². The lowest BCUT2D eigenvalue weighted by molar-refractivity contribution is -0.150. The van der Waals surface area contributed by atoms with Gasteiger partial charge in [0.15, 0.2) is 0 Å². The van der Waals surface area contributed by atoms with Gasteiger partial charge in [-0.15, -0.1) is 0 Å². The fraction of sp³-hybridized carbons (Fsp3) is 1.00. The molecule has 94 valence electrons. The van der Waals surface area contributed by atoms with Crippen LogP contribution in [0.25, 0.3) is 0 Å². The minimum Gasteiger partial charge on any atom is -0.375 e.